The molecular weight excluding hydrogens is 815 g/mol. The van der Waals surface area contributed by atoms with Crippen molar-refractivity contribution in [1.82, 2.24) is 5.32 Å². The number of unbranched alkanes of at least 4 members (excludes halogenated alkanes) is 40. The van der Waals surface area contributed by atoms with E-state index in [0.717, 1.165) is 51.4 Å². The normalized spacial score (nSPS) is 12.7. The fraction of sp³-hybridized carbons (Fsp3) is 0.900. The van der Waals surface area contributed by atoms with Gasteiger partial charge in [-0.1, -0.05) is 282 Å². The SMILES string of the molecule is CCC/C=C\C/C=C\CCCCCCCC(=O)OCCCCCCCCCCCCCCCCCCCCCCCCCCC(=O)NC(CO)C(O)CCCCCCCCCCCCCC. The molecule has 0 fully saturated rings. The van der Waals surface area contributed by atoms with Gasteiger partial charge in [-0.15, -0.1) is 0 Å². The number of esters is 1. The number of hydrogen-bond acceptors (Lipinski definition) is 5. The highest BCUT2D eigenvalue weighted by atomic mass is 16.5. The minimum atomic E-state index is -0.662. The van der Waals surface area contributed by atoms with E-state index in [4.69, 9.17) is 4.74 Å². The first-order valence-electron chi connectivity index (χ1n) is 29.6. The van der Waals surface area contributed by atoms with Gasteiger partial charge in [-0.05, 0) is 51.4 Å². The molecule has 66 heavy (non-hydrogen) atoms. The summed E-state index contributed by atoms with van der Waals surface area (Å²) < 4.78 is 5.47. The zero-order valence-corrected chi connectivity index (χ0v) is 44.4. The molecule has 0 rings (SSSR count). The molecule has 0 aliphatic heterocycles. The molecule has 0 aliphatic rings. The standard InChI is InChI=1S/C60H115NO5/c1-3-5-7-9-11-13-15-29-34-38-42-46-50-54-60(65)66-55-51-47-43-39-35-31-28-26-24-22-20-18-17-19-21-23-25-27-30-33-37-41-45-49-53-59(64)61-57(56-62)58(63)52-48-44-40-36-32-16-14-12-10-8-6-4-2/h7,9,13,15,57-58,62-63H,3-6,8,10-12,14,16-56H2,1-2H3,(H,61,64)/b9-7-,15-13-. The van der Waals surface area contributed by atoms with Crippen LogP contribution in [-0.4, -0.2) is 47.4 Å². The van der Waals surface area contributed by atoms with Crippen LogP contribution in [0.5, 0.6) is 0 Å². The second-order valence-corrected chi connectivity index (χ2v) is 20.3. The second kappa shape index (κ2) is 55.9. The van der Waals surface area contributed by atoms with Gasteiger partial charge >= 0.3 is 5.97 Å². The molecule has 6 nitrogen and oxygen atoms in total. The highest BCUT2D eigenvalue weighted by Gasteiger charge is 2.20. The lowest BCUT2D eigenvalue weighted by Crippen LogP contribution is -2.45. The summed E-state index contributed by atoms with van der Waals surface area (Å²) in [6, 6.07) is -0.539. The number of rotatable bonds is 55. The Morgan fingerprint density at radius 2 is 0.788 bits per heavy atom. The summed E-state index contributed by atoms with van der Waals surface area (Å²) >= 11 is 0. The highest BCUT2D eigenvalue weighted by Crippen LogP contribution is 2.18. The summed E-state index contributed by atoms with van der Waals surface area (Å²) in [6.07, 6.45) is 67.5. The molecule has 2 atom stereocenters. The van der Waals surface area contributed by atoms with Crippen molar-refractivity contribution in [3.05, 3.63) is 24.3 Å². The molecule has 1 amide bonds. The summed E-state index contributed by atoms with van der Waals surface area (Å²) in [5.41, 5.74) is 0. The van der Waals surface area contributed by atoms with Crippen LogP contribution in [0.2, 0.25) is 0 Å². The molecule has 0 aromatic rings. The first kappa shape index (κ1) is 64.3. The van der Waals surface area contributed by atoms with Crippen molar-refractivity contribution in [1.29, 1.82) is 0 Å². The van der Waals surface area contributed by atoms with Crippen molar-refractivity contribution in [2.45, 2.75) is 334 Å². The van der Waals surface area contributed by atoms with Crippen LogP contribution < -0.4 is 5.32 Å². The van der Waals surface area contributed by atoms with Crippen LogP contribution in [0.15, 0.2) is 24.3 Å². The van der Waals surface area contributed by atoms with Gasteiger partial charge in [0.1, 0.15) is 0 Å². The zero-order chi connectivity index (χ0) is 47.9. The van der Waals surface area contributed by atoms with Crippen LogP contribution in [0.3, 0.4) is 0 Å². The van der Waals surface area contributed by atoms with Gasteiger partial charge in [0, 0.05) is 12.8 Å². The molecular formula is C60H115NO5. The molecule has 0 saturated carbocycles. The van der Waals surface area contributed by atoms with E-state index in [-0.39, 0.29) is 18.5 Å². The molecule has 0 aromatic carbocycles. The number of nitrogens with one attached hydrogen (secondary N) is 1. The number of aliphatic hydroxyl groups excluding tert-OH is 2. The summed E-state index contributed by atoms with van der Waals surface area (Å²) in [6.45, 7) is 4.89. The maximum atomic E-state index is 12.5. The van der Waals surface area contributed by atoms with Gasteiger partial charge in [-0.3, -0.25) is 9.59 Å². The largest absolute Gasteiger partial charge is 0.466 e. The van der Waals surface area contributed by atoms with Gasteiger partial charge in [0.25, 0.3) is 0 Å². The lowest BCUT2D eigenvalue weighted by Gasteiger charge is -2.22. The minimum absolute atomic E-state index is 0.000142. The molecule has 6 heteroatoms. The lowest BCUT2D eigenvalue weighted by atomic mass is 10.0. The minimum Gasteiger partial charge on any atom is -0.466 e. The highest BCUT2D eigenvalue weighted by molar-refractivity contribution is 5.76. The van der Waals surface area contributed by atoms with Crippen LogP contribution in [0, 0.1) is 0 Å². The topological polar surface area (TPSA) is 95.9 Å². The molecule has 0 spiro atoms. The summed E-state index contributed by atoms with van der Waals surface area (Å²) in [5.74, 6) is -0.0334. The number of allylic oxidation sites excluding steroid dienone is 4. The van der Waals surface area contributed by atoms with Crippen LogP contribution in [-0.2, 0) is 14.3 Å². The summed E-state index contributed by atoms with van der Waals surface area (Å²) in [4.78, 5) is 24.5. The van der Waals surface area contributed by atoms with Crippen LogP contribution in [0.1, 0.15) is 322 Å². The molecule has 2 unspecified atom stereocenters. The third-order valence-corrected chi connectivity index (χ3v) is 13.7. The molecule has 390 valence electrons. The molecule has 0 heterocycles. The van der Waals surface area contributed by atoms with E-state index >= 15 is 0 Å². The number of amides is 1. The summed E-state index contributed by atoms with van der Waals surface area (Å²) in [5, 5.41) is 23.2. The van der Waals surface area contributed by atoms with Crippen LogP contribution in [0.4, 0.5) is 0 Å². The molecule has 0 saturated heterocycles. The van der Waals surface area contributed by atoms with Crippen LogP contribution >= 0.6 is 0 Å². The Hall–Kier alpha value is -1.66. The Morgan fingerprint density at radius 1 is 0.424 bits per heavy atom. The molecule has 0 radical (unpaired) electrons. The number of ether oxygens (including phenoxy) is 1. The Morgan fingerprint density at radius 3 is 1.21 bits per heavy atom. The van der Waals surface area contributed by atoms with Gasteiger partial charge in [-0.2, -0.15) is 0 Å². The Balaban J connectivity index is 3.35. The van der Waals surface area contributed by atoms with Gasteiger partial charge in [0.2, 0.25) is 5.91 Å². The quantitative estimate of drug-likeness (QED) is 0.0321. The molecule has 0 aliphatic carbocycles. The number of aliphatic hydroxyl groups is 2. The number of carbonyl (C=O) groups excluding carboxylic acids is 2. The smallest absolute Gasteiger partial charge is 0.305 e. The molecule has 3 N–H and O–H groups in total. The van der Waals surface area contributed by atoms with Gasteiger partial charge in [0.05, 0.1) is 25.4 Å². The van der Waals surface area contributed by atoms with E-state index in [0.29, 0.717) is 25.9 Å². The Kier molecular flexibility index (Phi) is 54.5. The second-order valence-electron chi connectivity index (χ2n) is 20.3. The van der Waals surface area contributed by atoms with Crippen molar-refractivity contribution < 1.29 is 24.5 Å². The first-order valence-corrected chi connectivity index (χ1v) is 29.6. The maximum absolute atomic E-state index is 12.5. The monoisotopic (exact) mass is 930 g/mol. The Labute approximate surface area is 411 Å². The van der Waals surface area contributed by atoms with Crippen molar-refractivity contribution in [3.63, 3.8) is 0 Å². The fourth-order valence-electron chi connectivity index (χ4n) is 9.21. The maximum Gasteiger partial charge on any atom is 0.305 e. The van der Waals surface area contributed by atoms with Crippen molar-refractivity contribution >= 4 is 11.9 Å². The predicted molar refractivity (Wildman–Crippen MR) is 287 cm³/mol. The number of carbonyl (C=O) groups is 2. The van der Waals surface area contributed by atoms with Gasteiger partial charge < -0.3 is 20.3 Å². The van der Waals surface area contributed by atoms with Crippen molar-refractivity contribution in [2.75, 3.05) is 13.2 Å². The average molecular weight is 931 g/mol. The zero-order valence-electron chi connectivity index (χ0n) is 44.4. The van der Waals surface area contributed by atoms with Gasteiger partial charge in [-0.25, -0.2) is 0 Å². The van der Waals surface area contributed by atoms with E-state index in [1.54, 1.807) is 0 Å². The molecule has 0 bridgehead atoms. The average Bonchev–Trinajstić information content (AvgIpc) is 3.32. The van der Waals surface area contributed by atoms with E-state index < -0.39 is 12.1 Å². The van der Waals surface area contributed by atoms with E-state index in [1.807, 2.05) is 0 Å². The summed E-state index contributed by atoms with van der Waals surface area (Å²) in [7, 11) is 0. The Bertz CT molecular complexity index is 1030. The van der Waals surface area contributed by atoms with E-state index in [2.05, 4.69) is 43.5 Å². The molecule has 0 aromatic heterocycles. The third kappa shape index (κ3) is 51.7. The lowest BCUT2D eigenvalue weighted by molar-refractivity contribution is -0.143. The van der Waals surface area contributed by atoms with Gasteiger partial charge in [0.15, 0.2) is 0 Å². The van der Waals surface area contributed by atoms with E-state index in [9.17, 15) is 19.8 Å². The fourth-order valence-corrected chi connectivity index (χ4v) is 9.21. The predicted octanol–water partition coefficient (Wildman–Crippen LogP) is 18.2. The number of hydrogen-bond donors (Lipinski definition) is 3. The van der Waals surface area contributed by atoms with Crippen molar-refractivity contribution in [2.24, 2.45) is 0 Å². The van der Waals surface area contributed by atoms with Crippen molar-refractivity contribution in [3.8, 4) is 0 Å². The first-order chi connectivity index (χ1) is 32.5. The van der Waals surface area contributed by atoms with Crippen LogP contribution in [0.25, 0.3) is 0 Å². The third-order valence-electron chi connectivity index (χ3n) is 13.7. The van der Waals surface area contributed by atoms with E-state index in [1.165, 1.54) is 238 Å².